The molecule has 1 aromatic rings. The lowest BCUT2D eigenvalue weighted by molar-refractivity contribution is -0.118. The van der Waals surface area contributed by atoms with Gasteiger partial charge < -0.3 is 9.64 Å². The first-order chi connectivity index (χ1) is 8.13. The third-order valence-electron chi connectivity index (χ3n) is 2.82. The molecule has 1 aliphatic heterocycles. The van der Waals surface area contributed by atoms with Crippen molar-refractivity contribution in [3.05, 3.63) is 22.7 Å². The molecule has 1 unspecified atom stereocenters. The Morgan fingerprint density at radius 2 is 2.24 bits per heavy atom. The van der Waals surface area contributed by atoms with E-state index in [9.17, 15) is 4.79 Å². The highest BCUT2D eigenvalue weighted by Crippen LogP contribution is 2.33. The van der Waals surface area contributed by atoms with Crippen LogP contribution in [0.25, 0.3) is 0 Å². The zero-order chi connectivity index (χ0) is 12.4. The van der Waals surface area contributed by atoms with Crippen molar-refractivity contribution in [2.24, 2.45) is 0 Å². The van der Waals surface area contributed by atoms with Crippen LogP contribution in [0.5, 0.6) is 5.75 Å². The van der Waals surface area contributed by atoms with E-state index in [2.05, 4.69) is 31.9 Å². The van der Waals surface area contributed by atoms with Gasteiger partial charge in [-0.1, -0.05) is 15.9 Å². The van der Waals surface area contributed by atoms with E-state index >= 15 is 0 Å². The second-order valence-electron chi connectivity index (χ2n) is 3.92. The van der Waals surface area contributed by atoms with Gasteiger partial charge in [-0.25, -0.2) is 0 Å². The number of hydrogen-bond donors (Lipinski definition) is 0. The zero-order valence-corrected chi connectivity index (χ0v) is 12.6. The molecule has 0 radical (unpaired) electrons. The highest BCUT2D eigenvalue weighted by Gasteiger charge is 2.28. The van der Waals surface area contributed by atoms with Gasteiger partial charge in [0, 0.05) is 17.1 Å². The summed E-state index contributed by atoms with van der Waals surface area (Å²) in [7, 11) is 1.62. The van der Waals surface area contributed by atoms with Crippen molar-refractivity contribution in [1.82, 2.24) is 0 Å². The highest BCUT2D eigenvalue weighted by molar-refractivity contribution is 9.10. The minimum atomic E-state index is -0.0747. The summed E-state index contributed by atoms with van der Waals surface area (Å²) in [6.45, 7) is 0.757. The van der Waals surface area contributed by atoms with Crippen LogP contribution in [0.4, 0.5) is 5.69 Å². The molecule has 92 valence electrons. The number of carbonyl (C=O) groups excluding carboxylic acids is 1. The molecule has 3 nitrogen and oxygen atoms in total. The number of halogens is 2. The summed E-state index contributed by atoms with van der Waals surface area (Å²) < 4.78 is 6.10. The average molecular weight is 363 g/mol. The molecular weight excluding hydrogens is 350 g/mol. The molecule has 1 aromatic carbocycles. The average Bonchev–Trinajstić information content (AvgIpc) is 2.34. The fourth-order valence-electron chi connectivity index (χ4n) is 1.90. The van der Waals surface area contributed by atoms with E-state index in [-0.39, 0.29) is 10.7 Å². The van der Waals surface area contributed by atoms with Crippen LogP contribution in [0.2, 0.25) is 0 Å². The first-order valence-electron chi connectivity index (χ1n) is 5.42. The van der Waals surface area contributed by atoms with Gasteiger partial charge in [-0.2, -0.15) is 0 Å². The van der Waals surface area contributed by atoms with Crippen LogP contribution in [-0.2, 0) is 4.79 Å². The predicted octanol–water partition coefficient (Wildman–Crippen LogP) is 3.35. The van der Waals surface area contributed by atoms with E-state index in [0.717, 1.165) is 35.3 Å². The molecule has 1 saturated heterocycles. The summed E-state index contributed by atoms with van der Waals surface area (Å²) in [6.07, 6.45) is 1.90. The smallest absolute Gasteiger partial charge is 0.240 e. The lowest BCUT2D eigenvalue weighted by atomic mass is 10.1. The van der Waals surface area contributed by atoms with E-state index in [1.807, 2.05) is 18.2 Å². The fraction of sp³-hybridized carbons (Fsp3) is 0.417. The maximum Gasteiger partial charge on any atom is 0.240 e. The second-order valence-corrected chi connectivity index (χ2v) is 5.88. The van der Waals surface area contributed by atoms with Crippen LogP contribution in [0.3, 0.4) is 0 Å². The number of anilines is 1. The minimum Gasteiger partial charge on any atom is -0.497 e. The Morgan fingerprint density at radius 3 is 2.94 bits per heavy atom. The Bertz CT molecular complexity index is 437. The molecule has 17 heavy (non-hydrogen) atoms. The predicted molar refractivity (Wildman–Crippen MR) is 75.0 cm³/mol. The van der Waals surface area contributed by atoms with Crippen LogP contribution in [0, 0.1) is 0 Å². The van der Waals surface area contributed by atoms with Crippen LogP contribution in [-0.4, -0.2) is 24.4 Å². The van der Waals surface area contributed by atoms with Gasteiger partial charge in [-0.3, -0.25) is 4.79 Å². The summed E-state index contributed by atoms with van der Waals surface area (Å²) >= 11 is 6.89. The van der Waals surface area contributed by atoms with Crippen molar-refractivity contribution in [1.29, 1.82) is 0 Å². The molecular formula is C12H13Br2NO2. The molecule has 5 heteroatoms. The van der Waals surface area contributed by atoms with Gasteiger partial charge in [0.15, 0.2) is 0 Å². The largest absolute Gasteiger partial charge is 0.497 e. The molecule has 1 amide bonds. The highest BCUT2D eigenvalue weighted by atomic mass is 79.9. The lowest BCUT2D eigenvalue weighted by Crippen LogP contribution is -2.41. The van der Waals surface area contributed by atoms with E-state index in [1.54, 1.807) is 12.0 Å². The van der Waals surface area contributed by atoms with Crippen molar-refractivity contribution in [2.45, 2.75) is 17.7 Å². The number of ether oxygens (including phenoxy) is 1. The van der Waals surface area contributed by atoms with Gasteiger partial charge in [0.2, 0.25) is 5.91 Å². The first-order valence-corrected chi connectivity index (χ1v) is 7.13. The van der Waals surface area contributed by atoms with E-state index < -0.39 is 0 Å². The van der Waals surface area contributed by atoms with Crippen molar-refractivity contribution < 1.29 is 9.53 Å². The van der Waals surface area contributed by atoms with E-state index in [0.29, 0.717) is 0 Å². The van der Waals surface area contributed by atoms with Crippen LogP contribution in [0.15, 0.2) is 22.7 Å². The molecule has 1 aliphatic rings. The molecule has 1 heterocycles. The van der Waals surface area contributed by atoms with Gasteiger partial charge in [0.1, 0.15) is 5.75 Å². The summed E-state index contributed by atoms with van der Waals surface area (Å²) in [5.74, 6) is 0.873. The molecule has 0 spiro atoms. The van der Waals surface area contributed by atoms with Gasteiger partial charge in [-0.15, -0.1) is 0 Å². The second kappa shape index (κ2) is 5.40. The Morgan fingerprint density at radius 1 is 1.47 bits per heavy atom. The minimum absolute atomic E-state index is 0.0747. The quantitative estimate of drug-likeness (QED) is 0.755. The van der Waals surface area contributed by atoms with Crippen molar-refractivity contribution in [3.8, 4) is 5.75 Å². The number of rotatable bonds is 2. The SMILES string of the molecule is COc1ccc(Br)c(N2CCCC(Br)C2=O)c1. The van der Waals surface area contributed by atoms with Gasteiger partial charge in [-0.05, 0) is 40.9 Å². The van der Waals surface area contributed by atoms with Crippen LogP contribution < -0.4 is 9.64 Å². The zero-order valence-electron chi connectivity index (χ0n) is 9.45. The Balaban J connectivity index is 2.35. The summed E-state index contributed by atoms with van der Waals surface area (Å²) in [4.78, 5) is 13.8. The normalized spacial score (nSPS) is 20.5. The maximum atomic E-state index is 12.1. The molecule has 1 fully saturated rings. The monoisotopic (exact) mass is 361 g/mol. The third-order valence-corrected chi connectivity index (χ3v) is 4.34. The van der Waals surface area contributed by atoms with Crippen molar-refractivity contribution in [2.75, 3.05) is 18.6 Å². The lowest BCUT2D eigenvalue weighted by Gasteiger charge is -2.30. The molecule has 0 bridgehead atoms. The van der Waals surface area contributed by atoms with Crippen molar-refractivity contribution in [3.63, 3.8) is 0 Å². The molecule has 1 atom stereocenters. The molecule has 0 aliphatic carbocycles. The summed E-state index contributed by atoms with van der Waals surface area (Å²) in [5, 5.41) is 0. The molecule has 2 rings (SSSR count). The van der Waals surface area contributed by atoms with Gasteiger partial charge >= 0.3 is 0 Å². The topological polar surface area (TPSA) is 29.5 Å². The molecule has 0 aromatic heterocycles. The molecule has 0 N–H and O–H groups in total. The Labute approximate surface area is 117 Å². The number of alkyl halides is 1. The maximum absolute atomic E-state index is 12.1. The number of benzene rings is 1. The Hall–Kier alpha value is -0.550. The number of nitrogens with zero attached hydrogens (tertiary/aromatic N) is 1. The first kappa shape index (κ1) is 12.9. The number of hydrogen-bond acceptors (Lipinski definition) is 2. The van der Waals surface area contributed by atoms with Gasteiger partial charge in [0.05, 0.1) is 17.6 Å². The number of amides is 1. The van der Waals surface area contributed by atoms with E-state index in [1.165, 1.54) is 0 Å². The van der Waals surface area contributed by atoms with E-state index in [4.69, 9.17) is 4.74 Å². The molecule has 0 saturated carbocycles. The number of carbonyl (C=O) groups is 1. The standard InChI is InChI=1S/C12H13Br2NO2/c1-17-8-4-5-9(13)11(7-8)15-6-2-3-10(14)12(15)16/h4-5,7,10H,2-3,6H2,1H3. The summed E-state index contributed by atoms with van der Waals surface area (Å²) in [6, 6.07) is 5.65. The third kappa shape index (κ3) is 2.65. The van der Waals surface area contributed by atoms with Gasteiger partial charge in [0.25, 0.3) is 0 Å². The van der Waals surface area contributed by atoms with Crippen LogP contribution >= 0.6 is 31.9 Å². The number of piperidine rings is 1. The van der Waals surface area contributed by atoms with Crippen LogP contribution in [0.1, 0.15) is 12.8 Å². The fourth-order valence-corrected chi connectivity index (χ4v) is 2.93. The Kier molecular flexibility index (Phi) is 4.09. The summed E-state index contributed by atoms with van der Waals surface area (Å²) in [5.41, 5.74) is 0.874. The number of methoxy groups -OCH3 is 1. The van der Waals surface area contributed by atoms with Crippen molar-refractivity contribution >= 4 is 43.5 Å².